The molecule has 0 spiro atoms. The van der Waals surface area contributed by atoms with Crippen LogP contribution in [0.1, 0.15) is 32.4 Å². The standard InChI is InChI=1S/C15H27N5O.HI/c1-4-16-15(17-11-13-8-10-21-18-13)19(3)12-14-7-6-9-20(14)5-2;/h8,10,14H,4-7,9,11-12H2,1-3H3,(H,16,17);1H. The molecule has 0 aliphatic carbocycles. The summed E-state index contributed by atoms with van der Waals surface area (Å²) < 4.78 is 4.84. The maximum atomic E-state index is 4.84. The smallest absolute Gasteiger partial charge is 0.194 e. The van der Waals surface area contributed by atoms with Gasteiger partial charge in [-0.25, -0.2) is 4.99 Å². The largest absolute Gasteiger partial charge is 0.364 e. The highest BCUT2D eigenvalue weighted by molar-refractivity contribution is 14.0. The molecule has 1 N–H and O–H groups in total. The number of guanidine groups is 1. The van der Waals surface area contributed by atoms with Crippen molar-refractivity contribution < 1.29 is 4.52 Å². The summed E-state index contributed by atoms with van der Waals surface area (Å²) in [5, 5.41) is 7.25. The van der Waals surface area contributed by atoms with Crippen molar-refractivity contribution in [2.75, 3.05) is 33.2 Å². The molecule has 0 bridgehead atoms. The summed E-state index contributed by atoms with van der Waals surface area (Å²) in [6.07, 6.45) is 4.17. The minimum absolute atomic E-state index is 0. The van der Waals surface area contributed by atoms with Crippen molar-refractivity contribution in [3.8, 4) is 0 Å². The summed E-state index contributed by atoms with van der Waals surface area (Å²) in [5.74, 6) is 0.934. The first-order valence-electron chi connectivity index (χ1n) is 7.87. The fourth-order valence-corrected chi connectivity index (χ4v) is 2.87. The molecule has 1 fully saturated rings. The highest BCUT2D eigenvalue weighted by Crippen LogP contribution is 2.17. The zero-order valence-electron chi connectivity index (χ0n) is 13.8. The molecule has 0 amide bonds. The zero-order valence-corrected chi connectivity index (χ0v) is 16.1. The van der Waals surface area contributed by atoms with E-state index in [4.69, 9.17) is 4.52 Å². The lowest BCUT2D eigenvalue weighted by Crippen LogP contribution is -2.45. The van der Waals surface area contributed by atoms with Crippen molar-refractivity contribution in [2.45, 2.75) is 39.3 Å². The van der Waals surface area contributed by atoms with E-state index in [0.29, 0.717) is 12.6 Å². The molecule has 0 aromatic carbocycles. The first-order chi connectivity index (χ1) is 10.2. The molecule has 1 unspecified atom stereocenters. The van der Waals surface area contributed by atoms with Crippen LogP contribution in [0.3, 0.4) is 0 Å². The van der Waals surface area contributed by atoms with Crippen molar-refractivity contribution in [1.29, 1.82) is 0 Å². The third kappa shape index (κ3) is 5.42. The molecule has 1 aromatic heterocycles. The predicted molar refractivity (Wildman–Crippen MR) is 99.6 cm³/mol. The first-order valence-corrected chi connectivity index (χ1v) is 7.87. The van der Waals surface area contributed by atoms with E-state index in [-0.39, 0.29) is 24.0 Å². The summed E-state index contributed by atoms with van der Waals surface area (Å²) >= 11 is 0. The van der Waals surface area contributed by atoms with E-state index in [1.165, 1.54) is 19.4 Å². The fourth-order valence-electron chi connectivity index (χ4n) is 2.87. The molecular formula is C15H28IN5O. The predicted octanol–water partition coefficient (Wildman–Crippen LogP) is 2.17. The molecule has 7 heteroatoms. The number of nitrogens with one attached hydrogen (secondary N) is 1. The van der Waals surface area contributed by atoms with E-state index in [1.807, 2.05) is 6.07 Å². The second-order valence-corrected chi connectivity index (χ2v) is 5.47. The molecule has 1 atom stereocenters. The average molecular weight is 421 g/mol. The lowest BCUT2D eigenvalue weighted by Gasteiger charge is -2.29. The number of rotatable bonds is 6. The number of nitrogens with zero attached hydrogens (tertiary/aromatic N) is 4. The summed E-state index contributed by atoms with van der Waals surface area (Å²) in [6.45, 7) is 9.11. The van der Waals surface area contributed by atoms with Gasteiger partial charge in [0.1, 0.15) is 12.0 Å². The molecular weight excluding hydrogens is 393 g/mol. The summed E-state index contributed by atoms with van der Waals surface area (Å²) in [6, 6.07) is 2.49. The monoisotopic (exact) mass is 421 g/mol. The quantitative estimate of drug-likeness (QED) is 0.434. The Morgan fingerprint density at radius 1 is 1.55 bits per heavy atom. The van der Waals surface area contributed by atoms with Crippen LogP contribution in [0.4, 0.5) is 0 Å². The fraction of sp³-hybridized carbons (Fsp3) is 0.733. The van der Waals surface area contributed by atoms with Crippen molar-refractivity contribution in [3.05, 3.63) is 18.0 Å². The van der Waals surface area contributed by atoms with Crippen molar-refractivity contribution in [1.82, 2.24) is 20.3 Å². The highest BCUT2D eigenvalue weighted by atomic mass is 127. The molecule has 6 nitrogen and oxygen atoms in total. The number of hydrogen-bond donors (Lipinski definition) is 1. The van der Waals surface area contributed by atoms with Gasteiger partial charge in [-0.05, 0) is 32.9 Å². The van der Waals surface area contributed by atoms with Crippen LogP contribution in [0.5, 0.6) is 0 Å². The SMILES string of the molecule is CCNC(=NCc1ccon1)N(C)CC1CCCN1CC.I. The van der Waals surface area contributed by atoms with E-state index in [1.54, 1.807) is 6.26 Å². The molecule has 22 heavy (non-hydrogen) atoms. The normalized spacial score (nSPS) is 19.0. The Hall–Kier alpha value is -0.830. The van der Waals surface area contributed by atoms with Crippen molar-refractivity contribution in [3.63, 3.8) is 0 Å². The maximum absolute atomic E-state index is 4.84. The molecule has 2 rings (SSSR count). The molecule has 0 saturated carbocycles. The van der Waals surface area contributed by atoms with Crippen molar-refractivity contribution in [2.24, 2.45) is 4.99 Å². The van der Waals surface area contributed by atoms with Crippen LogP contribution in [-0.2, 0) is 6.54 Å². The van der Waals surface area contributed by atoms with Crippen LogP contribution in [-0.4, -0.2) is 60.2 Å². The van der Waals surface area contributed by atoms with Crippen molar-refractivity contribution >= 4 is 29.9 Å². The minimum atomic E-state index is 0. The van der Waals surface area contributed by atoms with E-state index in [9.17, 15) is 0 Å². The van der Waals surface area contributed by atoms with Gasteiger partial charge < -0.3 is 14.7 Å². The Labute approximate surface area is 150 Å². The van der Waals surface area contributed by atoms with Gasteiger partial charge in [-0.1, -0.05) is 12.1 Å². The first kappa shape index (κ1) is 19.2. The number of likely N-dealkylation sites (tertiary alicyclic amines) is 1. The average Bonchev–Trinajstić information content (AvgIpc) is 3.14. The summed E-state index contributed by atoms with van der Waals surface area (Å²) in [4.78, 5) is 9.42. The second kappa shape index (κ2) is 10.0. The number of halogens is 1. The van der Waals surface area contributed by atoms with Gasteiger partial charge in [-0.3, -0.25) is 4.90 Å². The molecule has 1 aliphatic heterocycles. The van der Waals surface area contributed by atoms with Gasteiger partial charge >= 0.3 is 0 Å². The Balaban J connectivity index is 0.00000242. The van der Waals surface area contributed by atoms with Gasteiger partial charge in [0, 0.05) is 32.2 Å². The third-order valence-corrected chi connectivity index (χ3v) is 3.97. The summed E-state index contributed by atoms with van der Waals surface area (Å²) in [7, 11) is 2.11. The number of aliphatic imine (C=N–C) groups is 1. The molecule has 126 valence electrons. The van der Waals surface area contributed by atoms with Gasteiger partial charge in [0.05, 0.1) is 6.54 Å². The lowest BCUT2D eigenvalue weighted by atomic mass is 10.2. The number of hydrogen-bond acceptors (Lipinski definition) is 4. The summed E-state index contributed by atoms with van der Waals surface area (Å²) in [5.41, 5.74) is 0.856. The molecule has 1 saturated heterocycles. The highest BCUT2D eigenvalue weighted by Gasteiger charge is 2.24. The second-order valence-electron chi connectivity index (χ2n) is 5.47. The van der Waals surface area contributed by atoms with Crippen LogP contribution < -0.4 is 5.32 Å². The maximum Gasteiger partial charge on any atom is 0.194 e. The minimum Gasteiger partial charge on any atom is -0.364 e. The van der Waals surface area contributed by atoms with E-state index < -0.39 is 0 Å². The van der Waals surface area contributed by atoms with Gasteiger partial charge in [0.15, 0.2) is 5.96 Å². The Morgan fingerprint density at radius 2 is 2.36 bits per heavy atom. The molecule has 0 radical (unpaired) electrons. The van der Waals surface area contributed by atoms with Gasteiger partial charge in [0.25, 0.3) is 0 Å². The Kier molecular flexibility index (Phi) is 8.77. The van der Waals surface area contributed by atoms with Gasteiger partial charge in [0.2, 0.25) is 0 Å². The van der Waals surface area contributed by atoms with E-state index in [0.717, 1.165) is 31.3 Å². The van der Waals surface area contributed by atoms with Crippen LogP contribution in [0, 0.1) is 0 Å². The number of likely N-dealkylation sites (N-methyl/N-ethyl adjacent to an activating group) is 2. The molecule has 1 aromatic rings. The van der Waals surface area contributed by atoms with Gasteiger partial charge in [-0.2, -0.15) is 0 Å². The third-order valence-electron chi connectivity index (χ3n) is 3.97. The zero-order chi connectivity index (χ0) is 15.1. The Morgan fingerprint density at radius 3 is 3.00 bits per heavy atom. The van der Waals surface area contributed by atoms with Gasteiger partial charge in [-0.15, -0.1) is 24.0 Å². The number of aromatic nitrogens is 1. The van der Waals surface area contributed by atoms with E-state index >= 15 is 0 Å². The topological polar surface area (TPSA) is 56.9 Å². The van der Waals surface area contributed by atoms with Crippen LogP contribution in [0.2, 0.25) is 0 Å². The van der Waals surface area contributed by atoms with E-state index in [2.05, 4.69) is 46.2 Å². The lowest BCUT2D eigenvalue weighted by molar-refractivity contribution is 0.232. The molecule has 1 aliphatic rings. The van der Waals surface area contributed by atoms with Crippen LogP contribution in [0.15, 0.2) is 21.8 Å². The molecule has 2 heterocycles. The Bertz CT molecular complexity index is 437. The van der Waals surface area contributed by atoms with Crippen LogP contribution >= 0.6 is 24.0 Å². The van der Waals surface area contributed by atoms with Crippen LogP contribution in [0.25, 0.3) is 0 Å².